The maximum absolute atomic E-state index is 13.7. The van der Waals surface area contributed by atoms with Crippen LogP contribution < -0.4 is 5.32 Å². The zero-order valence-corrected chi connectivity index (χ0v) is 9.09. The average Bonchev–Trinajstić information content (AvgIpc) is 2.61. The Morgan fingerprint density at radius 2 is 2.25 bits per heavy atom. The third-order valence-corrected chi connectivity index (χ3v) is 3.42. The molecule has 16 heavy (non-hydrogen) atoms. The summed E-state index contributed by atoms with van der Waals surface area (Å²) in [5, 5.41) is 4.19. The molecule has 0 bridgehead atoms. The Morgan fingerprint density at radius 1 is 1.38 bits per heavy atom. The minimum Gasteiger partial charge on any atom is -0.361 e. The van der Waals surface area contributed by atoms with Gasteiger partial charge < -0.3 is 10.3 Å². The first-order valence-corrected chi connectivity index (χ1v) is 5.82. The quantitative estimate of drug-likeness (QED) is 0.814. The topological polar surface area (TPSA) is 27.8 Å². The van der Waals surface area contributed by atoms with Crippen LogP contribution in [-0.2, 0) is 6.54 Å². The van der Waals surface area contributed by atoms with Gasteiger partial charge in [0.1, 0.15) is 5.82 Å². The fourth-order valence-corrected chi connectivity index (χ4v) is 2.21. The van der Waals surface area contributed by atoms with Gasteiger partial charge in [-0.05, 0) is 30.5 Å². The Hall–Kier alpha value is -1.35. The Balaban J connectivity index is 1.85. The summed E-state index contributed by atoms with van der Waals surface area (Å²) < 4.78 is 13.7. The largest absolute Gasteiger partial charge is 0.361 e. The van der Waals surface area contributed by atoms with Gasteiger partial charge in [0.05, 0.1) is 0 Å². The Kier molecular flexibility index (Phi) is 2.40. The summed E-state index contributed by atoms with van der Waals surface area (Å²) in [6.45, 7) is 0.756. The molecule has 0 radical (unpaired) electrons. The highest BCUT2D eigenvalue weighted by Crippen LogP contribution is 2.23. The minimum atomic E-state index is -0.135. The molecule has 0 saturated heterocycles. The summed E-state index contributed by atoms with van der Waals surface area (Å²) in [6, 6.07) is 5.79. The predicted molar refractivity (Wildman–Crippen MR) is 62.7 cm³/mol. The molecule has 1 fully saturated rings. The Bertz CT molecular complexity index is 500. The van der Waals surface area contributed by atoms with Crippen molar-refractivity contribution < 1.29 is 4.39 Å². The monoisotopic (exact) mass is 218 g/mol. The summed E-state index contributed by atoms with van der Waals surface area (Å²) in [7, 11) is 0. The SMILES string of the molecule is Fc1cccc2[nH]cc(CNC3CCC3)c12. The summed E-state index contributed by atoms with van der Waals surface area (Å²) in [5.41, 5.74) is 1.91. The van der Waals surface area contributed by atoms with E-state index < -0.39 is 0 Å². The Labute approximate surface area is 93.9 Å². The first-order chi connectivity index (χ1) is 7.84. The van der Waals surface area contributed by atoms with Gasteiger partial charge in [0, 0.05) is 29.7 Å². The molecule has 1 aromatic carbocycles. The van der Waals surface area contributed by atoms with E-state index in [9.17, 15) is 4.39 Å². The lowest BCUT2D eigenvalue weighted by Gasteiger charge is -2.26. The normalized spacial score (nSPS) is 16.6. The minimum absolute atomic E-state index is 0.135. The van der Waals surface area contributed by atoms with Gasteiger partial charge in [-0.2, -0.15) is 0 Å². The van der Waals surface area contributed by atoms with Crippen molar-refractivity contribution in [1.82, 2.24) is 10.3 Å². The number of H-pyrrole nitrogens is 1. The van der Waals surface area contributed by atoms with Gasteiger partial charge in [-0.1, -0.05) is 12.5 Å². The summed E-state index contributed by atoms with van der Waals surface area (Å²) >= 11 is 0. The molecule has 0 aliphatic heterocycles. The molecule has 1 aliphatic carbocycles. The number of halogens is 1. The van der Waals surface area contributed by atoms with Crippen molar-refractivity contribution in [3.8, 4) is 0 Å². The number of aromatic amines is 1. The van der Waals surface area contributed by atoms with Gasteiger partial charge in [0.15, 0.2) is 0 Å². The van der Waals surface area contributed by atoms with Gasteiger partial charge >= 0.3 is 0 Å². The molecule has 1 saturated carbocycles. The van der Waals surface area contributed by atoms with Crippen LogP contribution >= 0.6 is 0 Å². The lowest BCUT2D eigenvalue weighted by Crippen LogP contribution is -2.34. The second kappa shape index (κ2) is 3.91. The van der Waals surface area contributed by atoms with E-state index in [1.165, 1.54) is 25.3 Å². The standard InChI is InChI=1S/C13H15FN2/c14-11-5-2-6-12-13(11)9(8-16-12)7-15-10-3-1-4-10/h2,5-6,8,10,15-16H,1,3-4,7H2. The Morgan fingerprint density at radius 3 is 3.00 bits per heavy atom. The molecule has 0 amide bonds. The number of hydrogen-bond donors (Lipinski definition) is 2. The summed E-state index contributed by atoms with van der Waals surface area (Å²) in [4.78, 5) is 3.11. The van der Waals surface area contributed by atoms with Gasteiger partial charge in [-0.15, -0.1) is 0 Å². The van der Waals surface area contributed by atoms with Gasteiger partial charge in [0.25, 0.3) is 0 Å². The van der Waals surface area contributed by atoms with Crippen molar-refractivity contribution >= 4 is 10.9 Å². The molecule has 3 heteroatoms. The maximum atomic E-state index is 13.7. The van der Waals surface area contributed by atoms with Crippen LogP contribution in [0.25, 0.3) is 10.9 Å². The molecule has 0 unspecified atom stereocenters. The molecule has 1 aliphatic rings. The van der Waals surface area contributed by atoms with Gasteiger partial charge in [-0.3, -0.25) is 0 Å². The number of aromatic nitrogens is 1. The van der Waals surface area contributed by atoms with E-state index in [0.717, 1.165) is 23.0 Å². The van der Waals surface area contributed by atoms with E-state index in [-0.39, 0.29) is 5.82 Å². The molecule has 1 aromatic heterocycles. The fourth-order valence-electron chi connectivity index (χ4n) is 2.21. The molecular weight excluding hydrogens is 203 g/mol. The summed E-state index contributed by atoms with van der Waals surface area (Å²) in [6.07, 6.45) is 5.73. The van der Waals surface area contributed by atoms with E-state index in [4.69, 9.17) is 0 Å². The highest BCUT2D eigenvalue weighted by atomic mass is 19.1. The molecule has 0 atom stereocenters. The van der Waals surface area contributed by atoms with E-state index in [2.05, 4.69) is 10.3 Å². The van der Waals surface area contributed by atoms with Crippen LogP contribution in [0, 0.1) is 5.82 Å². The number of rotatable bonds is 3. The lowest BCUT2D eigenvalue weighted by molar-refractivity contribution is 0.338. The molecule has 1 heterocycles. The van der Waals surface area contributed by atoms with Crippen LogP contribution in [0.3, 0.4) is 0 Å². The van der Waals surface area contributed by atoms with Crippen LogP contribution in [-0.4, -0.2) is 11.0 Å². The third-order valence-electron chi connectivity index (χ3n) is 3.42. The second-order valence-electron chi connectivity index (χ2n) is 4.49. The lowest BCUT2D eigenvalue weighted by atomic mass is 9.93. The highest BCUT2D eigenvalue weighted by molar-refractivity contribution is 5.83. The number of benzene rings is 1. The van der Waals surface area contributed by atoms with Gasteiger partial charge in [0.2, 0.25) is 0 Å². The number of nitrogens with one attached hydrogen (secondary N) is 2. The molecular formula is C13H15FN2. The van der Waals surface area contributed by atoms with Crippen molar-refractivity contribution in [3.63, 3.8) is 0 Å². The molecule has 2 nitrogen and oxygen atoms in total. The smallest absolute Gasteiger partial charge is 0.132 e. The van der Waals surface area contributed by atoms with Crippen molar-refractivity contribution in [2.45, 2.75) is 31.8 Å². The first-order valence-electron chi connectivity index (χ1n) is 5.82. The van der Waals surface area contributed by atoms with Crippen LogP contribution in [0.1, 0.15) is 24.8 Å². The molecule has 84 valence electrons. The molecule has 0 spiro atoms. The van der Waals surface area contributed by atoms with Crippen molar-refractivity contribution in [1.29, 1.82) is 0 Å². The fraction of sp³-hybridized carbons (Fsp3) is 0.385. The molecule has 3 rings (SSSR count). The van der Waals surface area contributed by atoms with Crippen LogP contribution in [0.2, 0.25) is 0 Å². The average molecular weight is 218 g/mol. The van der Waals surface area contributed by atoms with Crippen molar-refractivity contribution in [3.05, 3.63) is 35.8 Å². The maximum Gasteiger partial charge on any atom is 0.132 e. The predicted octanol–water partition coefficient (Wildman–Crippen LogP) is 2.95. The highest BCUT2D eigenvalue weighted by Gasteiger charge is 2.17. The molecule has 2 N–H and O–H groups in total. The van der Waals surface area contributed by atoms with Crippen LogP contribution in [0.15, 0.2) is 24.4 Å². The number of fused-ring (bicyclic) bond motifs is 1. The van der Waals surface area contributed by atoms with E-state index in [1.807, 2.05) is 12.3 Å². The third kappa shape index (κ3) is 1.61. The van der Waals surface area contributed by atoms with Crippen LogP contribution in [0.5, 0.6) is 0 Å². The van der Waals surface area contributed by atoms with Crippen molar-refractivity contribution in [2.24, 2.45) is 0 Å². The zero-order chi connectivity index (χ0) is 11.0. The van der Waals surface area contributed by atoms with E-state index in [0.29, 0.717) is 6.04 Å². The van der Waals surface area contributed by atoms with Gasteiger partial charge in [-0.25, -0.2) is 4.39 Å². The first kappa shape index (κ1) is 9.85. The van der Waals surface area contributed by atoms with Crippen molar-refractivity contribution in [2.75, 3.05) is 0 Å². The second-order valence-corrected chi connectivity index (χ2v) is 4.49. The number of hydrogen-bond acceptors (Lipinski definition) is 1. The zero-order valence-electron chi connectivity index (χ0n) is 9.09. The van der Waals surface area contributed by atoms with E-state index >= 15 is 0 Å². The summed E-state index contributed by atoms with van der Waals surface area (Å²) in [5.74, 6) is -0.135. The van der Waals surface area contributed by atoms with E-state index in [1.54, 1.807) is 6.07 Å². The van der Waals surface area contributed by atoms with Crippen LogP contribution in [0.4, 0.5) is 4.39 Å². The molecule has 2 aromatic rings.